The number of nitrogens with one attached hydrogen (secondary N) is 1. The third-order valence-electron chi connectivity index (χ3n) is 3.79. The van der Waals surface area contributed by atoms with E-state index in [0.717, 1.165) is 55.1 Å². The van der Waals surface area contributed by atoms with Crippen LogP contribution in [0.15, 0.2) is 22.7 Å². The summed E-state index contributed by atoms with van der Waals surface area (Å²) in [6.45, 7) is 3.96. The number of methoxy groups -OCH3 is 1. The quantitative estimate of drug-likeness (QED) is 0.850. The Morgan fingerprint density at radius 2 is 2.25 bits per heavy atom. The summed E-state index contributed by atoms with van der Waals surface area (Å²) in [6.07, 6.45) is 3.13. The number of hydrogen-bond donors (Lipinski definition) is 1. The molecule has 0 spiro atoms. The van der Waals surface area contributed by atoms with Gasteiger partial charge in [0.25, 0.3) is 0 Å². The van der Waals surface area contributed by atoms with Crippen molar-refractivity contribution in [3.8, 4) is 17.1 Å². The van der Waals surface area contributed by atoms with Gasteiger partial charge in [0.2, 0.25) is 0 Å². The molecule has 1 aromatic heterocycles. The Morgan fingerprint density at radius 3 is 3.05 bits per heavy atom. The molecule has 0 saturated carbocycles. The van der Waals surface area contributed by atoms with Crippen LogP contribution < -0.4 is 10.1 Å². The minimum Gasteiger partial charge on any atom is -0.497 e. The summed E-state index contributed by atoms with van der Waals surface area (Å²) in [5, 5.41) is 7.63. The lowest BCUT2D eigenvalue weighted by Gasteiger charge is -2.15. The van der Waals surface area contributed by atoms with Gasteiger partial charge in [0.05, 0.1) is 7.11 Å². The summed E-state index contributed by atoms with van der Waals surface area (Å²) in [4.78, 5) is 0. The molecule has 1 aliphatic carbocycles. The maximum atomic E-state index is 5.59. The second kappa shape index (κ2) is 5.67. The van der Waals surface area contributed by atoms with E-state index in [0.29, 0.717) is 0 Å². The van der Waals surface area contributed by atoms with Crippen molar-refractivity contribution in [3.05, 3.63) is 35.0 Å². The molecule has 0 fully saturated rings. The fraction of sp³-hybridized carbons (Fsp3) is 0.438. The minimum atomic E-state index is 0.790. The lowest BCUT2D eigenvalue weighted by Crippen LogP contribution is -2.16. The summed E-state index contributed by atoms with van der Waals surface area (Å²) in [5.41, 5.74) is 4.74. The summed E-state index contributed by atoms with van der Waals surface area (Å²) in [6, 6.07) is 6.14. The molecule has 4 heteroatoms. The number of aryl methyl sites for hydroxylation is 1. The van der Waals surface area contributed by atoms with Crippen molar-refractivity contribution < 1.29 is 9.26 Å². The first-order valence-electron chi connectivity index (χ1n) is 7.19. The molecule has 1 N–H and O–H groups in total. The van der Waals surface area contributed by atoms with Crippen molar-refractivity contribution in [3.63, 3.8) is 0 Å². The van der Waals surface area contributed by atoms with Crippen molar-refractivity contribution >= 4 is 0 Å². The number of benzene rings is 1. The van der Waals surface area contributed by atoms with Crippen molar-refractivity contribution in [1.82, 2.24) is 10.5 Å². The van der Waals surface area contributed by atoms with Gasteiger partial charge >= 0.3 is 0 Å². The Bertz CT molecular complexity index is 605. The fourth-order valence-corrected chi connectivity index (χ4v) is 2.72. The van der Waals surface area contributed by atoms with Gasteiger partial charge < -0.3 is 14.6 Å². The van der Waals surface area contributed by atoms with Crippen LogP contribution in [0, 0.1) is 0 Å². The zero-order chi connectivity index (χ0) is 13.9. The van der Waals surface area contributed by atoms with E-state index >= 15 is 0 Å². The molecule has 0 saturated heterocycles. The van der Waals surface area contributed by atoms with Crippen LogP contribution in [-0.2, 0) is 19.4 Å². The molecule has 106 valence electrons. The molecule has 20 heavy (non-hydrogen) atoms. The van der Waals surface area contributed by atoms with Gasteiger partial charge in [-0.2, -0.15) is 0 Å². The van der Waals surface area contributed by atoms with Crippen LogP contribution in [-0.4, -0.2) is 18.8 Å². The van der Waals surface area contributed by atoms with E-state index in [1.807, 2.05) is 6.07 Å². The zero-order valence-corrected chi connectivity index (χ0v) is 12.0. The van der Waals surface area contributed by atoms with Crippen molar-refractivity contribution in [2.45, 2.75) is 32.7 Å². The first-order chi connectivity index (χ1) is 9.83. The smallest absolute Gasteiger partial charge is 0.170 e. The van der Waals surface area contributed by atoms with E-state index < -0.39 is 0 Å². The van der Waals surface area contributed by atoms with Crippen LogP contribution >= 0.6 is 0 Å². The van der Waals surface area contributed by atoms with Crippen molar-refractivity contribution in [1.29, 1.82) is 0 Å². The second-order valence-electron chi connectivity index (χ2n) is 5.14. The van der Waals surface area contributed by atoms with Gasteiger partial charge in [-0.05, 0) is 49.6 Å². The number of fused-ring (bicyclic) bond motifs is 3. The van der Waals surface area contributed by atoms with Crippen LogP contribution in [0.5, 0.6) is 5.75 Å². The monoisotopic (exact) mass is 272 g/mol. The predicted molar refractivity (Wildman–Crippen MR) is 77.9 cm³/mol. The van der Waals surface area contributed by atoms with Crippen LogP contribution in [0.4, 0.5) is 0 Å². The number of nitrogens with zero attached hydrogens (tertiary/aromatic N) is 1. The highest BCUT2D eigenvalue weighted by Crippen LogP contribution is 2.36. The Kier molecular flexibility index (Phi) is 3.74. The molecule has 1 aliphatic rings. The van der Waals surface area contributed by atoms with Gasteiger partial charge in [-0.15, -0.1) is 0 Å². The normalized spacial score (nSPS) is 12.9. The third kappa shape index (κ3) is 2.31. The van der Waals surface area contributed by atoms with E-state index in [9.17, 15) is 0 Å². The summed E-state index contributed by atoms with van der Waals surface area (Å²) < 4.78 is 10.9. The third-order valence-corrected chi connectivity index (χ3v) is 3.79. The highest BCUT2D eigenvalue weighted by atomic mass is 16.5. The predicted octanol–water partition coefficient (Wildman–Crippen LogP) is 2.95. The number of hydrogen-bond acceptors (Lipinski definition) is 4. The minimum absolute atomic E-state index is 0.790. The summed E-state index contributed by atoms with van der Waals surface area (Å²) in [7, 11) is 1.70. The Balaban J connectivity index is 1.89. The number of ether oxygens (including phenoxy) is 1. The zero-order valence-electron chi connectivity index (χ0n) is 12.0. The van der Waals surface area contributed by atoms with Crippen molar-refractivity contribution in [2.75, 3.05) is 13.7 Å². The molecule has 0 atom stereocenters. The van der Waals surface area contributed by atoms with E-state index in [4.69, 9.17) is 9.26 Å². The van der Waals surface area contributed by atoms with Crippen LogP contribution in [0.1, 0.15) is 30.2 Å². The second-order valence-corrected chi connectivity index (χ2v) is 5.14. The molecule has 0 bridgehead atoms. The molecule has 0 unspecified atom stereocenters. The van der Waals surface area contributed by atoms with Gasteiger partial charge in [0.1, 0.15) is 11.4 Å². The molecule has 2 aromatic rings. The molecule has 1 aromatic carbocycles. The molecule has 0 aliphatic heterocycles. The average Bonchev–Trinajstić information content (AvgIpc) is 2.90. The Morgan fingerprint density at radius 1 is 1.35 bits per heavy atom. The lowest BCUT2D eigenvalue weighted by molar-refractivity contribution is 0.412. The lowest BCUT2D eigenvalue weighted by atomic mass is 9.89. The maximum absolute atomic E-state index is 5.59. The van der Waals surface area contributed by atoms with E-state index in [2.05, 4.69) is 29.5 Å². The fourth-order valence-electron chi connectivity index (χ4n) is 2.72. The molecule has 0 radical (unpaired) electrons. The van der Waals surface area contributed by atoms with E-state index in [1.54, 1.807) is 7.11 Å². The van der Waals surface area contributed by atoms with Gasteiger partial charge in [0.15, 0.2) is 5.76 Å². The van der Waals surface area contributed by atoms with Gasteiger partial charge in [0, 0.05) is 17.7 Å². The number of aromatic nitrogens is 1. The Labute approximate surface area is 119 Å². The first kappa shape index (κ1) is 13.2. The molecule has 0 amide bonds. The first-order valence-corrected chi connectivity index (χ1v) is 7.19. The SMILES string of the molecule is CCCNCc1noc2c1CCc1cc(OC)ccc1-2. The van der Waals surface area contributed by atoms with Crippen molar-refractivity contribution in [2.24, 2.45) is 0 Å². The molecule has 1 heterocycles. The molecular formula is C16H20N2O2. The van der Waals surface area contributed by atoms with Crippen LogP contribution in [0.2, 0.25) is 0 Å². The maximum Gasteiger partial charge on any atom is 0.170 e. The van der Waals surface area contributed by atoms with Crippen LogP contribution in [0.25, 0.3) is 11.3 Å². The summed E-state index contributed by atoms with van der Waals surface area (Å²) >= 11 is 0. The topological polar surface area (TPSA) is 47.3 Å². The standard InChI is InChI=1S/C16H20N2O2/c1-3-8-17-10-15-14-6-4-11-9-12(19-2)5-7-13(11)16(14)20-18-15/h5,7,9,17H,3-4,6,8,10H2,1-2H3. The molecular weight excluding hydrogens is 252 g/mol. The van der Waals surface area contributed by atoms with Gasteiger partial charge in [-0.1, -0.05) is 12.1 Å². The van der Waals surface area contributed by atoms with E-state index in [1.165, 1.54) is 11.1 Å². The van der Waals surface area contributed by atoms with Gasteiger partial charge in [-0.3, -0.25) is 0 Å². The summed E-state index contributed by atoms with van der Waals surface area (Å²) in [5.74, 6) is 1.83. The average molecular weight is 272 g/mol. The number of rotatable bonds is 5. The highest BCUT2D eigenvalue weighted by Gasteiger charge is 2.24. The highest BCUT2D eigenvalue weighted by molar-refractivity contribution is 5.69. The van der Waals surface area contributed by atoms with Gasteiger partial charge in [-0.25, -0.2) is 0 Å². The molecule has 3 rings (SSSR count). The Hall–Kier alpha value is -1.81. The molecule has 4 nitrogen and oxygen atoms in total. The van der Waals surface area contributed by atoms with E-state index in [-0.39, 0.29) is 0 Å². The van der Waals surface area contributed by atoms with Crippen LogP contribution in [0.3, 0.4) is 0 Å². The largest absolute Gasteiger partial charge is 0.497 e.